The second kappa shape index (κ2) is 8.78. The van der Waals surface area contributed by atoms with E-state index in [4.69, 9.17) is 0 Å². The number of carbonyl (C=O) groups excluding carboxylic acids is 2. The third-order valence-corrected chi connectivity index (χ3v) is 6.97. The Bertz CT molecular complexity index is 937. The van der Waals surface area contributed by atoms with Gasteiger partial charge in [0.05, 0.1) is 6.04 Å². The Kier molecular flexibility index (Phi) is 5.72. The van der Waals surface area contributed by atoms with Crippen molar-refractivity contribution in [2.45, 2.75) is 44.7 Å². The van der Waals surface area contributed by atoms with Crippen LogP contribution in [0.25, 0.3) is 0 Å². The van der Waals surface area contributed by atoms with Crippen LogP contribution in [-0.2, 0) is 6.54 Å². The summed E-state index contributed by atoms with van der Waals surface area (Å²) in [5, 5.41) is 11.7. The standard InChI is InChI=1S/C23H30N6O2/c30-22(24-15-17-7-3-1-4-8-17)21-26-25-20-19-16-28(12-11-27(19)13-14-29(20)21)23(31)18-9-5-2-6-10-18/h2,5-6,9-10,17,19H,1,3-4,7-8,11-16H2,(H,24,30)/t19-/m0/s1. The van der Waals surface area contributed by atoms with E-state index in [1.54, 1.807) is 0 Å². The molecule has 1 saturated heterocycles. The average Bonchev–Trinajstić information content (AvgIpc) is 3.28. The molecule has 1 aromatic carbocycles. The van der Waals surface area contributed by atoms with Crippen LogP contribution in [-0.4, -0.2) is 69.1 Å². The van der Waals surface area contributed by atoms with Crippen molar-refractivity contribution >= 4 is 11.8 Å². The van der Waals surface area contributed by atoms with Crippen LogP contribution in [0.4, 0.5) is 0 Å². The molecule has 0 radical (unpaired) electrons. The SMILES string of the molecule is O=C(NCC1CCCCC1)c1nnc2n1CCN1CCN(C(=O)c3ccccc3)C[C@@H]21. The molecule has 0 unspecified atom stereocenters. The van der Waals surface area contributed by atoms with Crippen LogP contribution in [0.5, 0.6) is 0 Å². The second-order valence-corrected chi connectivity index (χ2v) is 8.92. The van der Waals surface area contributed by atoms with Gasteiger partial charge in [-0.15, -0.1) is 10.2 Å². The van der Waals surface area contributed by atoms with Crippen molar-refractivity contribution in [3.63, 3.8) is 0 Å². The maximum atomic E-state index is 12.9. The number of benzene rings is 1. The molecule has 2 amide bonds. The summed E-state index contributed by atoms with van der Waals surface area (Å²) in [6.45, 7) is 4.33. The molecule has 164 valence electrons. The molecule has 1 atom stereocenters. The van der Waals surface area contributed by atoms with E-state index in [0.29, 0.717) is 36.9 Å². The van der Waals surface area contributed by atoms with Gasteiger partial charge in [-0.3, -0.25) is 14.5 Å². The summed E-state index contributed by atoms with van der Waals surface area (Å²) < 4.78 is 1.95. The van der Waals surface area contributed by atoms with Crippen molar-refractivity contribution in [1.29, 1.82) is 0 Å². The normalized spacial score (nSPS) is 21.9. The lowest BCUT2D eigenvalue weighted by Crippen LogP contribution is -2.53. The molecular weight excluding hydrogens is 392 g/mol. The largest absolute Gasteiger partial charge is 0.349 e. The minimum Gasteiger partial charge on any atom is -0.349 e. The zero-order chi connectivity index (χ0) is 21.2. The molecule has 5 rings (SSSR count). The van der Waals surface area contributed by atoms with Gasteiger partial charge in [-0.2, -0.15) is 0 Å². The fraction of sp³-hybridized carbons (Fsp3) is 0.565. The summed E-state index contributed by atoms with van der Waals surface area (Å²) in [7, 11) is 0. The van der Waals surface area contributed by atoms with E-state index in [0.717, 1.165) is 25.5 Å². The first-order chi connectivity index (χ1) is 15.2. The Morgan fingerprint density at radius 2 is 1.74 bits per heavy atom. The molecule has 2 aliphatic heterocycles. The first kappa shape index (κ1) is 20.2. The van der Waals surface area contributed by atoms with Crippen molar-refractivity contribution in [3.05, 3.63) is 47.5 Å². The minimum atomic E-state index is -0.134. The van der Waals surface area contributed by atoms with E-state index in [1.807, 2.05) is 39.8 Å². The van der Waals surface area contributed by atoms with Gasteiger partial charge in [0.15, 0.2) is 5.82 Å². The Balaban J connectivity index is 1.28. The number of piperazine rings is 1. The van der Waals surface area contributed by atoms with Gasteiger partial charge in [-0.25, -0.2) is 0 Å². The Hall–Kier alpha value is -2.74. The predicted octanol–water partition coefficient (Wildman–Crippen LogP) is 2.10. The number of hydrogen-bond donors (Lipinski definition) is 1. The van der Waals surface area contributed by atoms with E-state index < -0.39 is 0 Å². The topological polar surface area (TPSA) is 83.4 Å². The van der Waals surface area contributed by atoms with Gasteiger partial charge in [0.25, 0.3) is 11.8 Å². The summed E-state index contributed by atoms with van der Waals surface area (Å²) in [5.74, 6) is 1.68. The molecule has 8 heteroatoms. The van der Waals surface area contributed by atoms with Gasteiger partial charge in [-0.05, 0) is 30.9 Å². The summed E-state index contributed by atoms with van der Waals surface area (Å²) in [5.41, 5.74) is 0.705. The quantitative estimate of drug-likeness (QED) is 0.816. The number of fused-ring (bicyclic) bond motifs is 3. The number of rotatable bonds is 4. The summed E-state index contributed by atoms with van der Waals surface area (Å²) in [4.78, 5) is 30.0. The van der Waals surface area contributed by atoms with E-state index in [-0.39, 0.29) is 17.9 Å². The number of nitrogens with one attached hydrogen (secondary N) is 1. The summed E-state index contributed by atoms with van der Waals surface area (Å²) in [6, 6.07) is 9.37. The van der Waals surface area contributed by atoms with Crippen molar-refractivity contribution < 1.29 is 9.59 Å². The van der Waals surface area contributed by atoms with Crippen LogP contribution in [0.1, 0.15) is 64.9 Å². The first-order valence-electron chi connectivity index (χ1n) is 11.5. The molecule has 1 aromatic heterocycles. The lowest BCUT2D eigenvalue weighted by Gasteiger charge is -2.43. The van der Waals surface area contributed by atoms with Crippen LogP contribution in [0, 0.1) is 5.92 Å². The van der Waals surface area contributed by atoms with E-state index in [9.17, 15) is 9.59 Å². The van der Waals surface area contributed by atoms with Crippen LogP contribution in [0.15, 0.2) is 30.3 Å². The molecule has 0 spiro atoms. The zero-order valence-corrected chi connectivity index (χ0v) is 17.9. The van der Waals surface area contributed by atoms with Gasteiger partial charge in [-0.1, -0.05) is 37.5 Å². The van der Waals surface area contributed by atoms with Gasteiger partial charge >= 0.3 is 0 Å². The number of aromatic nitrogens is 3. The maximum Gasteiger partial charge on any atom is 0.289 e. The third-order valence-electron chi connectivity index (χ3n) is 6.97. The van der Waals surface area contributed by atoms with Crippen LogP contribution in [0.2, 0.25) is 0 Å². The molecule has 0 bridgehead atoms. The number of amides is 2. The van der Waals surface area contributed by atoms with Gasteiger partial charge in [0, 0.05) is 44.8 Å². The number of hydrogen-bond acceptors (Lipinski definition) is 5. The van der Waals surface area contributed by atoms with Gasteiger partial charge in [0.2, 0.25) is 5.82 Å². The van der Waals surface area contributed by atoms with E-state index >= 15 is 0 Å². The molecule has 3 aliphatic rings. The highest BCUT2D eigenvalue weighted by atomic mass is 16.2. The van der Waals surface area contributed by atoms with Crippen LogP contribution in [0.3, 0.4) is 0 Å². The smallest absolute Gasteiger partial charge is 0.289 e. The minimum absolute atomic E-state index is 0.0254. The Labute approximate surface area is 182 Å². The van der Waals surface area contributed by atoms with Crippen molar-refractivity contribution in [3.8, 4) is 0 Å². The molecule has 3 heterocycles. The highest BCUT2D eigenvalue weighted by Crippen LogP contribution is 2.29. The molecule has 2 aromatic rings. The molecule has 1 aliphatic carbocycles. The van der Waals surface area contributed by atoms with Crippen molar-refractivity contribution in [1.82, 2.24) is 29.9 Å². The zero-order valence-electron chi connectivity index (χ0n) is 17.9. The highest BCUT2D eigenvalue weighted by molar-refractivity contribution is 5.94. The van der Waals surface area contributed by atoms with Crippen LogP contribution >= 0.6 is 0 Å². The second-order valence-electron chi connectivity index (χ2n) is 8.92. The fourth-order valence-corrected chi connectivity index (χ4v) is 5.17. The number of nitrogens with zero attached hydrogens (tertiary/aromatic N) is 5. The molecule has 1 saturated carbocycles. The first-order valence-corrected chi connectivity index (χ1v) is 11.5. The van der Waals surface area contributed by atoms with E-state index in [2.05, 4.69) is 20.4 Å². The van der Waals surface area contributed by atoms with Gasteiger partial charge in [0.1, 0.15) is 0 Å². The average molecular weight is 423 g/mol. The molecular formula is C23H30N6O2. The van der Waals surface area contributed by atoms with Crippen molar-refractivity contribution in [2.24, 2.45) is 5.92 Å². The molecule has 1 N–H and O–H groups in total. The molecule has 31 heavy (non-hydrogen) atoms. The van der Waals surface area contributed by atoms with E-state index in [1.165, 1.54) is 32.1 Å². The van der Waals surface area contributed by atoms with Crippen molar-refractivity contribution in [2.75, 3.05) is 32.7 Å². The Morgan fingerprint density at radius 1 is 0.968 bits per heavy atom. The fourth-order valence-electron chi connectivity index (χ4n) is 5.17. The lowest BCUT2D eigenvalue weighted by atomic mass is 9.89. The predicted molar refractivity (Wildman–Crippen MR) is 116 cm³/mol. The molecule has 2 fully saturated rings. The highest BCUT2D eigenvalue weighted by Gasteiger charge is 2.38. The number of carbonyl (C=O) groups is 2. The Morgan fingerprint density at radius 3 is 2.55 bits per heavy atom. The summed E-state index contributed by atoms with van der Waals surface area (Å²) >= 11 is 0. The maximum absolute atomic E-state index is 12.9. The molecule has 8 nitrogen and oxygen atoms in total. The monoisotopic (exact) mass is 422 g/mol. The summed E-state index contributed by atoms with van der Waals surface area (Å²) in [6.07, 6.45) is 6.22. The third kappa shape index (κ3) is 4.08. The lowest BCUT2D eigenvalue weighted by molar-refractivity contribution is 0.0373. The van der Waals surface area contributed by atoms with Crippen LogP contribution < -0.4 is 5.32 Å². The van der Waals surface area contributed by atoms with Gasteiger partial charge < -0.3 is 14.8 Å².